The van der Waals surface area contributed by atoms with Crippen LogP contribution in [0.3, 0.4) is 0 Å². The van der Waals surface area contributed by atoms with Crippen LogP contribution in [-0.4, -0.2) is 52.4 Å². The Balaban J connectivity index is 2.04. The molecule has 4 N–H and O–H groups in total. The molecule has 0 radical (unpaired) electrons. The third-order valence-corrected chi connectivity index (χ3v) is 3.94. The number of carbonyl (C=O) groups excluding carboxylic acids is 1. The molecule has 2 rings (SSSR count). The van der Waals surface area contributed by atoms with Gasteiger partial charge in [0.1, 0.15) is 0 Å². The van der Waals surface area contributed by atoms with Gasteiger partial charge >= 0.3 is 0 Å². The second kappa shape index (κ2) is 6.93. The minimum Gasteiger partial charge on any atom is -0.396 e. The summed E-state index contributed by atoms with van der Waals surface area (Å²) in [7, 11) is 0. The molecule has 1 aliphatic heterocycles. The van der Waals surface area contributed by atoms with E-state index in [0.717, 1.165) is 30.0 Å². The van der Waals surface area contributed by atoms with E-state index in [1.54, 1.807) is 11.8 Å². The number of fused-ring (bicyclic) bond motifs is 1. The molecular weight excluding hydrogens is 264 g/mol. The van der Waals surface area contributed by atoms with Gasteiger partial charge in [-0.2, -0.15) is 16.9 Å². The summed E-state index contributed by atoms with van der Waals surface area (Å²) in [5.41, 5.74) is 2.49. The maximum atomic E-state index is 12.2. The van der Waals surface area contributed by atoms with Gasteiger partial charge in [-0.15, -0.1) is 0 Å². The predicted molar refractivity (Wildman–Crippen MR) is 75.3 cm³/mol. The lowest BCUT2D eigenvalue weighted by molar-refractivity contribution is 0.0929. The van der Waals surface area contributed by atoms with Gasteiger partial charge in [-0.05, 0) is 12.7 Å². The maximum absolute atomic E-state index is 12.2. The van der Waals surface area contributed by atoms with Gasteiger partial charge in [0, 0.05) is 49.2 Å². The van der Waals surface area contributed by atoms with Crippen LogP contribution in [0.25, 0.3) is 0 Å². The van der Waals surface area contributed by atoms with Gasteiger partial charge in [0.2, 0.25) is 0 Å². The molecule has 1 aliphatic rings. The molecule has 106 valence electrons. The number of aromatic amines is 1. The first kappa shape index (κ1) is 14.4. The molecule has 2 heterocycles. The van der Waals surface area contributed by atoms with Crippen LogP contribution in [0.1, 0.15) is 28.2 Å². The lowest BCUT2D eigenvalue weighted by Gasteiger charge is -2.17. The summed E-state index contributed by atoms with van der Waals surface area (Å²) in [6.07, 6.45) is 3.43. The molecule has 0 aliphatic carbocycles. The number of hydrogen-bond acceptors (Lipinski definition) is 5. The zero-order chi connectivity index (χ0) is 13.7. The van der Waals surface area contributed by atoms with Crippen molar-refractivity contribution in [3.05, 3.63) is 17.0 Å². The number of aliphatic hydroxyl groups is 1. The highest BCUT2D eigenvalue weighted by molar-refractivity contribution is 7.98. The van der Waals surface area contributed by atoms with Crippen molar-refractivity contribution in [3.8, 4) is 0 Å². The van der Waals surface area contributed by atoms with Gasteiger partial charge in [-0.25, -0.2) is 0 Å². The fourth-order valence-electron chi connectivity index (χ4n) is 2.22. The van der Waals surface area contributed by atoms with Crippen molar-refractivity contribution < 1.29 is 9.90 Å². The molecule has 0 spiro atoms. The Hall–Kier alpha value is -1.05. The number of amides is 1. The summed E-state index contributed by atoms with van der Waals surface area (Å²) in [6.45, 7) is 1.67. The number of aliphatic hydroxyl groups excluding tert-OH is 1. The van der Waals surface area contributed by atoms with Crippen molar-refractivity contribution in [1.82, 2.24) is 20.8 Å². The van der Waals surface area contributed by atoms with E-state index in [9.17, 15) is 4.79 Å². The highest BCUT2D eigenvalue weighted by Crippen LogP contribution is 2.15. The van der Waals surface area contributed by atoms with Crippen molar-refractivity contribution >= 4 is 17.7 Å². The Kier molecular flexibility index (Phi) is 5.24. The second-order valence-electron chi connectivity index (χ2n) is 4.59. The van der Waals surface area contributed by atoms with E-state index in [-0.39, 0.29) is 18.6 Å². The van der Waals surface area contributed by atoms with E-state index < -0.39 is 0 Å². The first-order chi connectivity index (χ1) is 9.26. The Labute approximate surface area is 116 Å². The number of nitrogens with one attached hydrogen (secondary N) is 3. The van der Waals surface area contributed by atoms with Crippen molar-refractivity contribution in [3.63, 3.8) is 0 Å². The normalized spacial score (nSPS) is 15.9. The van der Waals surface area contributed by atoms with Gasteiger partial charge in [-0.1, -0.05) is 0 Å². The van der Waals surface area contributed by atoms with Crippen LogP contribution < -0.4 is 10.6 Å². The first-order valence-electron chi connectivity index (χ1n) is 6.43. The monoisotopic (exact) mass is 284 g/mol. The SMILES string of the molecule is CSCC(CCO)NC(=O)c1n[nH]c2c1CNCC2. The number of H-pyrrole nitrogens is 1. The lowest BCUT2D eigenvalue weighted by atomic mass is 10.1. The van der Waals surface area contributed by atoms with Crippen LogP contribution in [0.4, 0.5) is 0 Å². The number of thioether (sulfide) groups is 1. The molecule has 6 nitrogen and oxygen atoms in total. The summed E-state index contributed by atoms with van der Waals surface area (Å²) in [5.74, 6) is 0.630. The van der Waals surface area contributed by atoms with Crippen LogP contribution in [0.5, 0.6) is 0 Å². The fraction of sp³-hybridized carbons (Fsp3) is 0.667. The minimum absolute atomic E-state index is 0.0172. The van der Waals surface area contributed by atoms with E-state index in [0.29, 0.717) is 18.7 Å². The molecule has 0 aromatic carbocycles. The molecule has 1 amide bonds. The summed E-state index contributed by atoms with van der Waals surface area (Å²) in [4.78, 5) is 12.2. The molecule has 0 fully saturated rings. The third-order valence-electron chi connectivity index (χ3n) is 3.20. The molecule has 19 heavy (non-hydrogen) atoms. The van der Waals surface area contributed by atoms with E-state index >= 15 is 0 Å². The Morgan fingerprint density at radius 2 is 2.47 bits per heavy atom. The number of nitrogens with zero attached hydrogens (tertiary/aromatic N) is 1. The number of carbonyl (C=O) groups is 1. The van der Waals surface area contributed by atoms with E-state index in [2.05, 4.69) is 20.8 Å². The number of hydrogen-bond donors (Lipinski definition) is 4. The fourth-order valence-corrected chi connectivity index (χ4v) is 2.87. The quantitative estimate of drug-likeness (QED) is 0.586. The predicted octanol–water partition coefficient (Wildman–Crippen LogP) is -0.101. The summed E-state index contributed by atoms with van der Waals surface area (Å²) in [5, 5.41) is 22.3. The van der Waals surface area contributed by atoms with E-state index in [4.69, 9.17) is 5.11 Å². The molecule has 7 heteroatoms. The van der Waals surface area contributed by atoms with Crippen molar-refractivity contribution in [2.75, 3.05) is 25.2 Å². The summed E-state index contributed by atoms with van der Waals surface area (Å²) >= 11 is 1.65. The van der Waals surface area contributed by atoms with Crippen molar-refractivity contribution in [1.29, 1.82) is 0 Å². The van der Waals surface area contributed by atoms with Crippen molar-refractivity contribution in [2.24, 2.45) is 0 Å². The maximum Gasteiger partial charge on any atom is 0.272 e. The van der Waals surface area contributed by atoms with Crippen molar-refractivity contribution in [2.45, 2.75) is 25.4 Å². The minimum atomic E-state index is -0.159. The smallest absolute Gasteiger partial charge is 0.272 e. The number of rotatable bonds is 6. The van der Waals surface area contributed by atoms with Gasteiger partial charge in [-0.3, -0.25) is 9.89 Å². The van der Waals surface area contributed by atoms with Gasteiger partial charge in [0.25, 0.3) is 5.91 Å². The second-order valence-corrected chi connectivity index (χ2v) is 5.50. The molecule has 0 saturated heterocycles. The molecule has 1 aromatic heterocycles. The first-order valence-corrected chi connectivity index (χ1v) is 7.83. The van der Waals surface area contributed by atoms with Gasteiger partial charge in [0.15, 0.2) is 5.69 Å². The number of aromatic nitrogens is 2. The molecule has 0 bridgehead atoms. The van der Waals surface area contributed by atoms with Crippen LogP contribution >= 0.6 is 11.8 Å². The molecule has 0 saturated carbocycles. The van der Waals surface area contributed by atoms with Gasteiger partial charge < -0.3 is 15.7 Å². The molecule has 1 unspecified atom stereocenters. The highest BCUT2D eigenvalue weighted by Gasteiger charge is 2.23. The summed E-state index contributed by atoms with van der Waals surface area (Å²) < 4.78 is 0. The third kappa shape index (κ3) is 3.49. The topological polar surface area (TPSA) is 90.0 Å². The Morgan fingerprint density at radius 3 is 3.21 bits per heavy atom. The Bertz CT molecular complexity index is 429. The van der Waals surface area contributed by atoms with E-state index in [1.807, 2.05) is 6.26 Å². The standard InChI is InChI=1S/C12H20N4O2S/c1-19-7-8(3-5-17)14-12(18)11-9-6-13-4-2-10(9)15-16-11/h8,13,17H,2-7H2,1H3,(H,14,18)(H,15,16). The highest BCUT2D eigenvalue weighted by atomic mass is 32.2. The lowest BCUT2D eigenvalue weighted by Crippen LogP contribution is -2.38. The van der Waals surface area contributed by atoms with Gasteiger partial charge in [0.05, 0.1) is 0 Å². The molecule has 1 aromatic rings. The largest absolute Gasteiger partial charge is 0.396 e. The average Bonchev–Trinajstić information content (AvgIpc) is 2.83. The van der Waals surface area contributed by atoms with Crippen LogP contribution in [0, 0.1) is 0 Å². The van der Waals surface area contributed by atoms with E-state index in [1.165, 1.54) is 0 Å². The summed E-state index contributed by atoms with van der Waals surface area (Å²) in [6, 6.07) is -0.0172. The zero-order valence-corrected chi connectivity index (χ0v) is 11.8. The van der Waals surface area contributed by atoms with Crippen LogP contribution in [-0.2, 0) is 13.0 Å². The average molecular weight is 284 g/mol. The van der Waals surface area contributed by atoms with Crippen LogP contribution in [0.15, 0.2) is 0 Å². The zero-order valence-electron chi connectivity index (χ0n) is 11.0. The molecular formula is C12H20N4O2S. The molecule has 1 atom stereocenters. The van der Waals surface area contributed by atoms with Crippen LogP contribution in [0.2, 0.25) is 0 Å². The Morgan fingerprint density at radius 1 is 1.63 bits per heavy atom.